The van der Waals surface area contributed by atoms with Crippen LogP contribution in [0.15, 0.2) is 73.3 Å². The van der Waals surface area contributed by atoms with Gasteiger partial charge in [-0.3, -0.25) is 0 Å². The van der Waals surface area contributed by atoms with E-state index in [-0.39, 0.29) is 6.10 Å². The predicted octanol–water partition coefficient (Wildman–Crippen LogP) is 6.33. The van der Waals surface area contributed by atoms with Crippen molar-refractivity contribution < 1.29 is 4.74 Å². The molecule has 0 saturated heterocycles. The van der Waals surface area contributed by atoms with Crippen LogP contribution in [0.3, 0.4) is 0 Å². The Labute approximate surface area is 146 Å². The average Bonchev–Trinajstić information content (AvgIpc) is 2.65. The van der Waals surface area contributed by atoms with E-state index in [2.05, 4.69) is 73.3 Å². The fourth-order valence-electron chi connectivity index (χ4n) is 4.01. The second kappa shape index (κ2) is 8.84. The van der Waals surface area contributed by atoms with Gasteiger partial charge in [-0.1, -0.05) is 79.6 Å². The minimum Gasteiger partial charge on any atom is -0.369 e. The van der Waals surface area contributed by atoms with Crippen molar-refractivity contribution in [3.05, 3.63) is 84.4 Å². The Kier molecular flexibility index (Phi) is 6.26. The van der Waals surface area contributed by atoms with E-state index in [1.54, 1.807) is 0 Å². The molecular weight excluding hydrogens is 292 g/mol. The summed E-state index contributed by atoms with van der Waals surface area (Å²) in [6, 6.07) is 21.3. The first kappa shape index (κ1) is 17.0. The largest absolute Gasteiger partial charge is 0.369 e. The Balaban J connectivity index is 1.79. The fourth-order valence-corrected chi connectivity index (χ4v) is 4.01. The van der Waals surface area contributed by atoms with Crippen molar-refractivity contribution >= 4 is 0 Å². The van der Waals surface area contributed by atoms with Gasteiger partial charge in [0.2, 0.25) is 0 Å². The van der Waals surface area contributed by atoms with Gasteiger partial charge in [-0.05, 0) is 42.2 Å². The van der Waals surface area contributed by atoms with Crippen molar-refractivity contribution in [2.75, 3.05) is 0 Å². The maximum atomic E-state index is 6.50. The van der Waals surface area contributed by atoms with E-state index in [0.29, 0.717) is 18.4 Å². The highest BCUT2D eigenvalue weighted by Gasteiger charge is 2.32. The average molecular weight is 320 g/mol. The molecule has 1 aliphatic rings. The Hall–Kier alpha value is -1.86. The first-order chi connectivity index (χ1) is 11.9. The van der Waals surface area contributed by atoms with E-state index < -0.39 is 0 Å². The van der Waals surface area contributed by atoms with Gasteiger partial charge in [-0.25, -0.2) is 0 Å². The smallest absolute Gasteiger partial charge is 0.0860 e. The SMILES string of the molecule is C=CC[C@H]1CCCC[C@@H]1[C@@H](OCc1ccccc1)c1ccccc1. The third-order valence-corrected chi connectivity index (χ3v) is 5.23. The molecule has 2 aromatic carbocycles. The molecule has 0 bridgehead atoms. The van der Waals surface area contributed by atoms with E-state index in [9.17, 15) is 0 Å². The molecule has 0 unspecified atom stereocenters. The lowest BCUT2D eigenvalue weighted by atomic mass is 9.73. The van der Waals surface area contributed by atoms with Crippen LogP contribution in [0.25, 0.3) is 0 Å². The van der Waals surface area contributed by atoms with Crippen LogP contribution in [0, 0.1) is 11.8 Å². The van der Waals surface area contributed by atoms with Gasteiger partial charge in [-0.2, -0.15) is 0 Å². The van der Waals surface area contributed by atoms with Crippen molar-refractivity contribution in [2.24, 2.45) is 11.8 Å². The molecule has 0 spiro atoms. The molecule has 24 heavy (non-hydrogen) atoms. The van der Waals surface area contributed by atoms with Crippen LogP contribution in [0.2, 0.25) is 0 Å². The zero-order valence-electron chi connectivity index (χ0n) is 14.4. The van der Waals surface area contributed by atoms with Gasteiger partial charge in [0.15, 0.2) is 0 Å². The second-order valence-corrected chi connectivity index (χ2v) is 6.86. The number of ether oxygens (including phenoxy) is 1. The van der Waals surface area contributed by atoms with Gasteiger partial charge in [0, 0.05) is 0 Å². The Morgan fingerprint density at radius 1 is 0.958 bits per heavy atom. The van der Waals surface area contributed by atoms with Crippen LogP contribution in [0.1, 0.15) is 49.3 Å². The molecule has 1 saturated carbocycles. The molecule has 3 atom stereocenters. The van der Waals surface area contributed by atoms with Gasteiger partial charge in [-0.15, -0.1) is 6.58 Å². The van der Waals surface area contributed by atoms with Crippen LogP contribution in [-0.2, 0) is 11.3 Å². The molecule has 0 aliphatic heterocycles. The van der Waals surface area contributed by atoms with Crippen LogP contribution >= 0.6 is 0 Å². The molecule has 0 heterocycles. The predicted molar refractivity (Wildman–Crippen MR) is 101 cm³/mol. The van der Waals surface area contributed by atoms with Crippen molar-refractivity contribution in [3.63, 3.8) is 0 Å². The summed E-state index contributed by atoms with van der Waals surface area (Å²) in [4.78, 5) is 0. The Morgan fingerprint density at radius 3 is 2.33 bits per heavy atom. The quantitative estimate of drug-likeness (QED) is 0.542. The van der Waals surface area contributed by atoms with Crippen LogP contribution in [0.4, 0.5) is 0 Å². The first-order valence-electron chi connectivity index (χ1n) is 9.20. The number of hydrogen-bond donors (Lipinski definition) is 0. The zero-order valence-corrected chi connectivity index (χ0v) is 14.4. The third kappa shape index (κ3) is 4.36. The molecule has 2 aromatic rings. The fraction of sp³-hybridized carbons (Fsp3) is 0.391. The molecule has 126 valence electrons. The van der Waals surface area contributed by atoms with E-state index >= 15 is 0 Å². The minimum absolute atomic E-state index is 0.177. The molecule has 1 heteroatoms. The Bertz CT molecular complexity index is 604. The van der Waals surface area contributed by atoms with Crippen LogP contribution in [-0.4, -0.2) is 0 Å². The standard InChI is InChI=1S/C23H28O/c1-2-11-20-14-9-10-17-22(20)23(21-15-7-4-8-16-21)24-18-19-12-5-3-6-13-19/h2-8,12-13,15-16,20,22-23H,1,9-11,14,17-18H2/t20-,22-,23-/m0/s1. The minimum atomic E-state index is 0.177. The Morgan fingerprint density at radius 2 is 1.62 bits per heavy atom. The normalized spacial score (nSPS) is 22.0. The molecule has 0 N–H and O–H groups in total. The van der Waals surface area contributed by atoms with Gasteiger partial charge < -0.3 is 4.74 Å². The molecule has 0 radical (unpaired) electrons. The summed E-state index contributed by atoms with van der Waals surface area (Å²) >= 11 is 0. The maximum absolute atomic E-state index is 6.50. The van der Waals surface area contributed by atoms with Crippen molar-refractivity contribution in [1.82, 2.24) is 0 Å². The van der Waals surface area contributed by atoms with Gasteiger partial charge in [0.1, 0.15) is 0 Å². The summed E-state index contributed by atoms with van der Waals surface area (Å²) in [6.07, 6.45) is 8.58. The molecule has 3 rings (SSSR count). The summed E-state index contributed by atoms with van der Waals surface area (Å²) in [6.45, 7) is 4.65. The number of benzene rings is 2. The summed E-state index contributed by atoms with van der Waals surface area (Å²) in [5, 5.41) is 0. The van der Waals surface area contributed by atoms with Gasteiger partial charge in [0.05, 0.1) is 12.7 Å². The lowest BCUT2D eigenvalue weighted by molar-refractivity contribution is -0.0321. The first-order valence-corrected chi connectivity index (χ1v) is 9.20. The number of allylic oxidation sites excluding steroid dienone is 1. The number of rotatable bonds is 7. The molecule has 0 amide bonds. The molecule has 1 aliphatic carbocycles. The molecular formula is C23H28O. The van der Waals surface area contributed by atoms with E-state index in [1.807, 2.05) is 0 Å². The lowest BCUT2D eigenvalue weighted by Crippen LogP contribution is -2.27. The van der Waals surface area contributed by atoms with Gasteiger partial charge in [0.25, 0.3) is 0 Å². The van der Waals surface area contributed by atoms with Gasteiger partial charge >= 0.3 is 0 Å². The highest BCUT2D eigenvalue weighted by atomic mass is 16.5. The second-order valence-electron chi connectivity index (χ2n) is 6.86. The van der Waals surface area contributed by atoms with Crippen molar-refractivity contribution in [2.45, 2.75) is 44.8 Å². The molecule has 1 fully saturated rings. The zero-order chi connectivity index (χ0) is 16.6. The topological polar surface area (TPSA) is 9.23 Å². The van der Waals surface area contributed by atoms with Crippen molar-refractivity contribution in [1.29, 1.82) is 0 Å². The van der Waals surface area contributed by atoms with E-state index in [4.69, 9.17) is 4.74 Å². The number of hydrogen-bond acceptors (Lipinski definition) is 1. The summed E-state index contributed by atoms with van der Waals surface area (Å²) < 4.78 is 6.50. The molecule has 1 nitrogen and oxygen atoms in total. The monoisotopic (exact) mass is 320 g/mol. The van der Waals surface area contributed by atoms with Crippen LogP contribution < -0.4 is 0 Å². The molecule has 0 aromatic heterocycles. The highest BCUT2D eigenvalue weighted by Crippen LogP contribution is 2.42. The summed E-state index contributed by atoms with van der Waals surface area (Å²) in [5.74, 6) is 1.28. The summed E-state index contributed by atoms with van der Waals surface area (Å²) in [7, 11) is 0. The lowest BCUT2D eigenvalue weighted by Gasteiger charge is -2.37. The highest BCUT2D eigenvalue weighted by molar-refractivity contribution is 5.20. The van der Waals surface area contributed by atoms with E-state index in [0.717, 1.165) is 6.42 Å². The maximum Gasteiger partial charge on any atom is 0.0860 e. The van der Waals surface area contributed by atoms with Crippen molar-refractivity contribution in [3.8, 4) is 0 Å². The van der Waals surface area contributed by atoms with Crippen LogP contribution in [0.5, 0.6) is 0 Å². The summed E-state index contributed by atoms with van der Waals surface area (Å²) in [5.41, 5.74) is 2.56. The third-order valence-electron chi connectivity index (χ3n) is 5.23. The van der Waals surface area contributed by atoms with E-state index in [1.165, 1.54) is 36.8 Å².